The highest BCUT2D eigenvalue weighted by Gasteiger charge is 2.17. The molecule has 3 atom stereocenters. The number of hydrogen-bond acceptors (Lipinski definition) is 1. The van der Waals surface area contributed by atoms with Crippen LogP contribution in [0.1, 0.15) is 13.8 Å². The van der Waals surface area contributed by atoms with Gasteiger partial charge in [-0.05, 0) is 13.8 Å². The maximum absolute atomic E-state index is 4.01. The molecule has 1 unspecified atom stereocenters. The fourth-order valence-electron chi connectivity index (χ4n) is 1.19. The first-order chi connectivity index (χ1) is 4.20. The topological polar surface area (TPSA) is 16.5 Å². The van der Waals surface area contributed by atoms with Crippen LogP contribution >= 0.6 is 0 Å². The first-order valence-electron chi connectivity index (χ1n) is 3.61. The minimum absolute atomic E-state index is 0.647. The van der Waals surface area contributed by atoms with Crippen molar-refractivity contribution in [3.8, 4) is 0 Å². The molecule has 0 spiro atoms. The minimum Gasteiger partial charge on any atom is -0.463 e. The predicted molar refractivity (Wildman–Crippen MR) is 38.1 cm³/mol. The largest absolute Gasteiger partial charge is 0.463 e. The van der Waals surface area contributed by atoms with E-state index in [1.807, 2.05) is 0 Å². The van der Waals surface area contributed by atoms with Crippen molar-refractivity contribution >= 4 is 0 Å². The first-order valence-corrected chi connectivity index (χ1v) is 3.61. The molecule has 1 heterocycles. The smallest absolute Gasteiger partial charge is 0.0733 e. The number of hydrogen-bond donors (Lipinski definition) is 2. The summed E-state index contributed by atoms with van der Waals surface area (Å²) in [5.74, 6) is 0. The maximum atomic E-state index is 4.01. The van der Waals surface area contributed by atoms with Gasteiger partial charge in [-0.15, -0.1) is 0 Å². The summed E-state index contributed by atoms with van der Waals surface area (Å²) in [6.45, 7) is 6.69. The third-order valence-corrected chi connectivity index (χ3v) is 2.04. The fraction of sp³-hybridized carbons (Fsp3) is 0.857. The summed E-state index contributed by atoms with van der Waals surface area (Å²) < 4.78 is 0. The molecule has 54 valence electrons. The molecule has 0 aromatic rings. The monoisotopic (exact) mass is 128 g/mol. The second kappa shape index (κ2) is 2.67. The van der Waals surface area contributed by atoms with Crippen LogP contribution in [-0.4, -0.2) is 25.2 Å². The highest BCUT2D eigenvalue weighted by molar-refractivity contribution is 4.66. The molecule has 0 amide bonds. The summed E-state index contributed by atoms with van der Waals surface area (Å²) in [6, 6.07) is 1.33. The van der Waals surface area contributed by atoms with Crippen molar-refractivity contribution in [2.75, 3.05) is 13.1 Å². The van der Waals surface area contributed by atoms with Gasteiger partial charge >= 0.3 is 0 Å². The zero-order valence-electron chi connectivity index (χ0n) is 6.28. The van der Waals surface area contributed by atoms with Crippen molar-refractivity contribution in [1.29, 1.82) is 0 Å². The third-order valence-electron chi connectivity index (χ3n) is 2.04. The lowest BCUT2D eigenvalue weighted by atomic mass is 10.2. The van der Waals surface area contributed by atoms with Gasteiger partial charge in [0.05, 0.1) is 18.6 Å². The Morgan fingerprint density at radius 3 is 2.67 bits per heavy atom. The van der Waals surface area contributed by atoms with Crippen molar-refractivity contribution in [1.82, 2.24) is 5.32 Å². The van der Waals surface area contributed by atoms with Gasteiger partial charge in [0, 0.05) is 6.54 Å². The summed E-state index contributed by atoms with van der Waals surface area (Å²) in [5, 5.41) is 3.40. The average molecular weight is 128 g/mol. The molecule has 1 rings (SSSR count). The van der Waals surface area contributed by atoms with Gasteiger partial charge in [0.2, 0.25) is 0 Å². The average Bonchev–Trinajstić information content (AvgIpc) is 1.80. The van der Waals surface area contributed by atoms with Crippen LogP contribution in [0.4, 0.5) is 0 Å². The van der Waals surface area contributed by atoms with Crippen molar-refractivity contribution in [3.05, 3.63) is 7.05 Å². The van der Waals surface area contributed by atoms with Gasteiger partial charge in [-0.3, -0.25) is 0 Å². The normalized spacial score (nSPS) is 45.0. The van der Waals surface area contributed by atoms with Crippen LogP contribution in [0, 0.1) is 7.05 Å². The summed E-state index contributed by atoms with van der Waals surface area (Å²) in [6.07, 6.45) is 0. The fourth-order valence-corrected chi connectivity index (χ4v) is 1.19. The Morgan fingerprint density at radius 1 is 1.56 bits per heavy atom. The quantitative estimate of drug-likeness (QED) is 0.402. The SMILES string of the molecule is [CH2-][NH+]1C[C@@H](C)NC[C@@H]1C. The minimum atomic E-state index is 0.647. The van der Waals surface area contributed by atoms with Crippen LogP contribution in [0.3, 0.4) is 0 Å². The van der Waals surface area contributed by atoms with Crippen LogP contribution in [0.5, 0.6) is 0 Å². The Morgan fingerprint density at radius 2 is 2.22 bits per heavy atom. The lowest BCUT2D eigenvalue weighted by molar-refractivity contribution is -0.883. The van der Waals surface area contributed by atoms with Crippen molar-refractivity contribution < 1.29 is 4.90 Å². The van der Waals surface area contributed by atoms with Crippen LogP contribution in [-0.2, 0) is 0 Å². The standard InChI is InChI=1S/C7H16N2/c1-6-5-9(3)7(2)4-8-6/h6-9H,3-5H2,1-2H3/t6-,7+/m1/s1. The van der Waals surface area contributed by atoms with E-state index in [2.05, 4.69) is 26.2 Å². The maximum Gasteiger partial charge on any atom is 0.0733 e. The summed E-state index contributed by atoms with van der Waals surface area (Å²) in [5.41, 5.74) is 0. The lowest BCUT2D eigenvalue weighted by Crippen LogP contribution is -3.14. The van der Waals surface area contributed by atoms with E-state index in [4.69, 9.17) is 0 Å². The molecule has 1 fully saturated rings. The lowest BCUT2D eigenvalue weighted by Gasteiger charge is -2.36. The van der Waals surface area contributed by atoms with Gasteiger partial charge in [0.25, 0.3) is 0 Å². The highest BCUT2D eigenvalue weighted by atomic mass is 15.2. The molecule has 2 heteroatoms. The van der Waals surface area contributed by atoms with E-state index in [0.717, 1.165) is 13.1 Å². The molecule has 0 radical (unpaired) electrons. The van der Waals surface area contributed by atoms with Crippen LogP contribution in [0.2, 0.25) is 0 Å². The molecule has 2 N–H and O–H groups in total. The van der Waals surface area contributed by atoms with Crippen LogP contribution in [0.25, 0.3) is 0 Å². The van der Waals surface area contributed by atoms with E-state index in [9.17, 15) is 0 Å². The molecule has 0 aliphatic carbocycles. The van der Waals surface area contributed by atoms with Crippen LogP contribution < -0.4 is 10.2 Å². The number of piperazine rings is 1. The molecule has 0 bridgehead atoms. The Hall–Kier alpha value is -0.0800. The van der Waals surface area contributed by atoms with Crippen molar-refractivity contribution in [3.63, 3.8) is 0 Å². The van der Waals surface area contributed by atoms with Gasteiger partial charge < -0.3 is 10.2 Å². The zero-order valence-corrected chi connectivity index (χ0v) is 6.28. The zero-order chi connectivity index (χ0) is 6.85. The molecular weight excluding hydrogens is 112 g/mol. The van der Waals surface area contributed by atoms with Crippen molar-refractivity contribution in [2.45, 2.75) is 25.9 Å². The molecule has 1 aliphatic heterocycles. The van der Waals surface area contributed by atoms with E-state index < -0.39 is 0 Å². The van der Waals surface area contributed by atoms with E-state index in [-0.39, 0.29) is 0 Å². The number of rotatable bonds is 0. The Balaban J connectivity index is 2.35. The van der Waals surface area contributed by atoms with E-state index in [1.54, 1.807) is 0 Å². The van der Waals surface area contributed by atoms with Gasteiger partial charge in [-0.2, -0.15) is 7.05 Å². The molecule has 1 saturated heterocycles. The molecule has 1 aliphatic rings. The van der Waals surface area contributed by atoms with E-state index in [1.165, 1.54) is 4.90 Å². The molecule has 2 nitrogen and oxygen atoms in total. The van der Waals surface area contributed by atoms with E-state index >= 15 is 0 Å². The first kappa shape index (κ1) is 7.03. The van der Waals surface area contributed by atoms with Gasteiger partial charge in [0.15, 0.2) is 0 Å². The van der Waals surface area contributed by atoms with E-state index in [0.29, 0.717) is 12.1 Å². The number of quaternary nitrogens is 1. The molecule has 0 saturated carbocycles. The molecular formula is C7H16N2. The Kier molecular flexibility index (Phi) is 2.09. The second-order valence-electron chi connectivity index (χ2n) is 3.07. The number of nitrogens with one attached hydrogen (secondary N) is 2. The molecule has 0 aromatic heterocycles. The predicted octanol–water partition coefficient (Wildman–Crippen LogP) is -0.957. The van der Waals surface area contributed by atoms with Gasteiger partial charge in [-0.1, -0.05) is 0 Å². The molecule has 0 aromatic carbocycles. The second-order valence-corrected chi connectivity index (χ2v) is 3.07. The third kappa shape index (κ3) is 1.66. The summed E-state index contributed by atoms with van der Waals surface area (Å²) >= 11 is 0. The Bertz CT molecular complexity index is 92.9. The Labute approximate surface area is 57.2 Å². The van der Waals surface area contributed by atoms with Crippen molar-refractivity contribution in [2.24, 2.45) is 0 Å². The highest BCUT2D eigenvalue weighted by Crippen LogP contribution is 1.84. The summed E-state index contributed by atoms with van der Waals surface area (Å²) in [7, 11) is 4.01. The summed E-state index contributed by atoms with van der Waals surface area (Å²) in [4.78, 5) is 1.40. The molecule has 9 heavy (non-hydrogen) atoms. The van der Waals surface area contributed by atoms with Gasteiger partial charge in [-0.25, -0.2) is 0 Å². The van der Waals surface area contributed by atoms with Gasteiger partial charge in [0.1, 0.15) is 0 Å². The van der Waals surface area contributed by atoms with Crippen LogP contribution in [0.15, 0.2) is 0 Å².